The number of anilines is 1. The summed E-state index contributed by atoms with van der Waals surface area (Å²) in [5, 5.41) is 3.24. The molecule has 43 heavy (non-hydrogen) atoms. The second-order valence-corrected chi connectivity index (χ2v) is 13.4. The van der Waals surface area contributed by atoms with Crippen LogP contribution in [0.3, 0.4) is 0 Å². The van der Waals surface area contributed by atoms with E-state index >= 15 is 0 Å². The fourth-order valence-corrected chi connectivity index (χ4v) is 6.68. The van der Waals surface area contributed by atoms with Crippen LogP contribution in [0.1, 0.15) is 61.6 Å². The van der Waals surface area contributed by atoms with Crippen LogP contribution in [0.25, 0.3) is 0 Å². The molecule has 3 aromatic carbocycles. The number of hydrogen-bond donors (Lipinski definition) is 1. The third-order valence-corrected chi connectivity index (χ3v) is 9.12. The van der Waals surface area contributed by atoms with Gasteiger partial charge in [0.25, 0.3) is 0 Å². The maximum absolute atomic E-state index is 14.0. The van der Waals surface area contributed by atoms with Crippen LogP contribution >= 0.6 is 0 Å². The van der Waals surface area contributed by atoms with Crippen LogP contribution in [0.15, 0.2) is 78.9 Å². The summed E-state index contributed by atoms with van der Waals surface area (Å²) in [6.45, 7) is 2.29. The van der Waals surface area contributed by atoms with E-state index in [1.165, 1.54) is 35.0 Å². The molecule has 0 spiro atoms. The Balaban J connectivity index is 1.58. The fourth-order valence-electron chi connectivity index (χ4n) is 5.72. The van der Waals surface area contributed by atoms with E-state index in [0.29, 0.717) is 12.1 Å². The van der Waals surface area contributed by atoms with E-state index in [4.69, 9.17) is 0 Å². The average molecular weight is 608 g/mol. The van der Waals surface area contributed by atoms with E-state index in [2.05, 4.69) is 5.32 Å². The van der Waals surface area contributed by atoms with Gasteiger partial charge in [0.05, 0.1) is 11.9 Å². The summed E-state index contributed by atoms with van der Waals surface area (Å²) in [7, 11) is -3.67. The predicted molar refractivity (Wildman–Crippen MR) is 169 cm³/mol. The first kappa shape index (κ1) is 32.2. The summed E-state index contributed by atoms with van der Waals surface area (Å²) in [6, 6.07) is 22.2. The Labute approximate surface area is 255 Å². The van der Waals surface area contributed by atoms with Gasteiger partial charge < -0.3 is 10.2 Å². The van der Waals surface area contributed by atoms with E-state index < -0.39 is 21.9 Å². The van der Waals surface area contributed by atoms with E-state index in [9.17, 15) is 22.4 Å². The third kappa shape index (κ3) is 9.64. The van der Waals surface area contributed by atoms with Gasteiger partial charge in [-0.3, -0.25) is 13.9 Å². The first-order chi connectivity index (χ1) is 20.6. The van der Waals surface area contributed by atoms with E-state index in [-0.39, 0.29) is 43.8 Å². The molecule has 0 bridgehead atoms. The van der Waals surface area contributed by atoms with Gasteiger partial charge in [0, 0.05) is 32.0 Å². The van der Waals surface area contributed by atoms with E-state index in [1.54, 1.807) is 4.90 Å². The van der Waals surface area contributed by atoms with Crippen LogP contribution in [0.4, 0.5) is 10.1 Å². The maximum atomic E-state index is 14.0. The topological polar surface area (TPSA) is 86.8 Å². The van der Waals surface area contributed by atoms with Gasteiger partial charge in [-0.15, -0.1) is 0 Å². The zero-order valence-electron chi connectivity index (χ0n) is 25.0. The smallest absolute Gasteiger partial charge is 0.243 e. The largest absolute Gasteiger partial charge is 0.352 e. The molecule has 0 aliphatic heterocycles. The number of carbonyl (C=O) groups is 2. The van der Waals surface area contributed by atoms with Crippen molar-refractivity contribution in [2.45, 2.75) is 76.9 Å². The van der Waals surface area contributed by atoms with Crippen molar-refractivity contribution in [2.75, 3.05) is 17.1 Å². The number of benzene rings is 3. The molecule has 1 fully saturated rings. The molecule has 9 heteroatoms. The molecule has 1 saturated carbocycles. The van der Waals surface area contributed by atoms with Gasteiger partial charge in [-0.2, -0.15) is 0 Å². The van der Waals surface area contributed by atoms with Crippen molar-refractivity contribution in [2.24, 2.45) is 0 Å². The van der Waals surface area contributed by atoms with Crippen molar-refractivity contribution in [3.8, 4) is 0 Å². The number of aryl methyl sites for hydroxylation is 1. The Morgan fingerprint density at radius 3 is 2.26 bits per heavy atom. The standard InChI is InChI=1S/C34H42FN3O4S/c1-26-11-9-14-28(23-26)25-37(33(39)17-10-22-38(43(2,41)42)31-20-18-29(35)19-21-31)32(24-27-12-5-3-6-13-27)34(40)36-30-15-7-4-8-16-30/h3,5-6,9,11-14,18-21,23,30,32H,4,7-8,10,15-17,22,24-25H2,1-2H3,(H,36,40)/t32-/m0/s1. The quantitative estimate of drug-likeness (QED) is 0.267. The summed E-state index contributed by atoms with van der Waals surface area (Å²) < 4.78 is 39.8. The molecule has 4 rings (SSSR count). The molecule has 1 N–H and O–H groups in total. The number of rotatable bonds is 13. The van der Waals surface area contributed by atoms with Crippen LogP contribution in [0, 0.1) is 12.7 Å². The molecule has 0 unspecified atom stereocenters. The van der Waals surface area contributed by atoms with E-state index in [0.717, 1.165) is 48.6 Å². The number of carbonyl (C=O) groups excluding carboxylic acids is 2. The molecule has 0 radical (unpaired) electrons. The lowest BCUT2D eigenvalue weighted by Gasteiger charge is -2.34. The van der Waals surface area contributed by atoms with Crippen LogP contribution < -0.4 is 9.62 Å². The van der Waals surface area contributed by atoms with Crippen molar-refractivity contribution < 1.29 is 22.4 Å². The number of hydrogen-bond acceptors (Lipinski definition) is 4. The molecule has 1 aliphatic carbocycles. The number of nitrogens with zero attached hydrogens (tertiary/aromatic N) is 2. The maximum Gasteiger partial charge on any atom is 0.243 e. The first-order valence-electron chi connectivity index (χ1n) is 15.0. The second kappa shape index (κ2) is 15.1. The molecule has 7 nitrogen and oxygen atoms in total. The summed E-state index contributed by atoms with van der Waals surface area (Å²) in [6.07, 6.45) is 6.91. The molecule has 0 heterocycles. The van der Waals surface area contributed by atoms with Crippen LogP contribution in [0.5, 0.6) is 0 Å². The van der Waals surface area contributed by atoms with Gasteiger partial charge in [0.15, 0.2) is 0 Å². The molecular formula is C34H42FN3O4S. The number of halogens is 1. The highest BCUT2D eigenvalue weighted by Gasteiger charge is 2.32. The van der Waals surface area contributed by atoms with Gasteiger partial charge in [-0.25, -0.2) is 12.8 Å². The molecule has 1 atom stereocenters. The Bertz CT molecular complexity index is 1460. The number of sulfonamides is 1. The molecule has 2 amide bonds. The summed E-state index contributed by atoms with van der Waals surface area (Å²) in [5.41, 5.74) is 3.26. The molecule has 0 saturated heterocycles. The van der Waals surface area contributed by atoms with Crippen molar-refractivity contribution >= 4 is 27.5 Å². The predicted octanol–water partition coefficient (Wildman–Crippen LogP) is 5.77. The first-order valence-corrected chi connectivity index (χ1v) is 16.9. The minimum absolute atomic E-state index is 0.0427. The second-order valence-electron chi connectivity index (χ2n) is 11.5. The van der Waals surface area contributed by atoms with Crippen LogP contribution in [-0.4, -0.2) is 50.0 Å². The molecule has 230 valence electrons. The number of nitrogens with one attached hydrogen (secondary N) is 1. The minimum atomic E-state index is -3.67. The molecule has 1 aliphatic rings. The lowest BCUT2D eigenvalue weighted by molar-refractivity contribution is -0.141. The normalized spacial score (nSPS) is 14.6. The third-order valence-electron chi connectivity index (χ3n) is 7.92. The van der Waals surface area contributed by atoms with Crippen molar-refractivity contribution in [1.82, 2.24) is 10.2 Å². The zero-order valence-corrected chi connectivity index (χ0v) is 25.9. The van der Waals surface area contributed by atoms with Crippen LogP contribution in [-0.2, 0) is 32.6 Å². The van der Waals surface area contributed by atoms with Crippen molar-refractivity contribution in [3.05, 3.63) is 101 Å². The van der Waals surface area contributed by atoms with Gasteiger partial charge in [0.2, 0.25) is 21.8 Å². The SMILES string of the molecule is Cc1cccc(CN(C(=O)CCCN(c2ccc(F)cc2)S(C)(=O)=O)[C@@H](Cc2ccccc2)C(=O)NC2CCCCC2)c1. The van der Waals surface area contributed by atoms with E-state index in [1.807, 2.05) is 61.5 Å². The number of amides is 2. The Morgan fingerprint density at radius 1 is 0.930 bits per heavy atom. The van der Waals surface area contributed by atoms with Gasteiger partial charge in [-0.05, 0) is 61.6 Å². The summed E-state index contributed by atoms with van der Waals surface area (Å²) >= 11 is 0. The highest BCUT2D eigenvalue weighted by Crippen LogP contribution is 2.22. The summed E-state index contributed by atoms with van der Waals surface area (Å²) in [5.74, 6) is -0.857. The molecular weight excluding hydrogens is 565 g/mol. The van der Waals surface area contributed by atoms with Crippen LogP contribution in [0.2, 0.25) is 0 Å². The lowest BCUT2D eigenvalue weighted by Crippen LogP contribution is -2.53. The van der Waals surface area contributed by atoms with Crippen molar-refractivity contribution in [1.29, 1.82) is 0 Å². The minimum Gasteiger partial charge on any atom is -0.352 e. The van der Waals surface area contributed by atoms with Crippen molar-refractivity contribution in [3.63, 3.8) is 0 Å². The zero-order chi connectivity index (χ0) is 30.8. The lowest BCUT2D eigenvalue weighted by atomic mass is 9.94. The Kier molecular flexibility index (Phi) is 11.3. The highest BCUT2D eigenvalue weighted by atomic mass is 32.2. The molecule has 3 aromatic rings. The monoisotopic (exact) mass is 607 g/mol. The Hall–Kier alpha value is -3.72. The summed E-state index contributed by atoms with van der Waals surface area (Å²) in [4.78, 5) is 29.6. The average Bonchev–Trinajstić information content (AvgIpc) is 2.98. The van der Waals surface area contributed by atoms with Gasteiger partial charge in [-0.1, -0.05) is 79.4 Å². The van der Waals surface area contributed by atoms with Gasteiger partial charge >= 0.3 is 0 Å². The van der Waals surface area contributed by atoms with Gasteiger partial charge in [0.1, 0.15) is 11.9 Å². The Morgan fingerprint density at radius 2 is 1.60 bits per heavy atom. The molecule has 0 aromatic heterocycles. The highest BCUT2D eigenvalue weighted by molar-refractivity contribution is 7.92. The fraction of sp³-hybridized carbons (Fsp3) is 0.412.